The summed E-state index contributed by atoms with van der Waals surface area (Å²) in [5, 5.41) is 5.26. The highest BCUT2D eigenvalue weighted by molar-refractivity contribution is 6.02. The van der Waals surface area contributed by atoms with Crippen molar-refractivity contribution in [2.75, 3.05) is 10.6 Å². The molecule has 0 saturated heterocycles. The van der Waals surface area contributed by atoms with Gasteiger partial charge < -0.3 is 15.4 Å². The first-order chi connectivity index (χ1) is 16.0. The zero-order valence-electron chi connectivity index (χ0n) is 17.6. The number of hydrogen-bond acceptors (Lipinski definition) is 6. The van der Waals surface area contributed by atoms with Gasteiger partial charge in [-0.2, -0.15) is 0 Å². The second kappa shape index (κ2) is 9.56. The first kappa shape index (κ1) is 21.4. The monoisotopic (exact) mass is 441 g/mol. The maximum Gasteiger partial charge on any atom is 0.286 e. The highest BCUT2D eigenvalue weighted by Crippen LogP contribution is 2.24. The van der Waals surface area contributed by atoms with E-state index < -0.39 is 11.5 Å². The summed E-state index contributed by atoms with van der Waals surface area (Å²) >= 11 is 0. The summed E-state index contributed by atoms with van der Waals surface area (Å²) in [6.45, 7) is 1.39. The van der Waals surface area contributed by atoms with E-state index in [9.17, 15) is 14.4 Å². The lowest BCUT2D eigenvalue weighted by Crippen LogP contribution is -2.29. The van der Waals surface area contributed by atoms with Crippen LogP contribution in [0.15, 0.2) is 90.1 Å². The van der Waals surface area contributed by atoms with Crippen LogP contribution >= 0.6 is 0 Å². The van der Waals surface area contributed by atoms with E-state index in [-0.39, 0.29) is 11.6 Å². The summed E-state index contributed by atoms with van der Waals surface area (Å²) in [7, 11) is 0. The van der Waals surface area contributed by atoms with Crippen LogP contribution in [0.4, 0.5) is 11.5 Å². The number of nitrogens with zero attached hydrogens (tertiary/aromatic N) is 3. The second-order valence-corrected chi connectivity index (χ2v) is 6.93. The Morgan fingerprint density at radius 3 is 2.36 bits per heavy atom. The zero-order chi connectivity index (χ0) is 23.2. The predicted octanol–water partition coefficient (Wildman–Crippen LogP) is 3.63. The maximum atomic E-state index is 12.7. The minimum absolute atomic E-state index is 0.219. The van der Waals surface area contributed by atoms with E-state index in [1.54, 1.807) is 60.7 Å². The molecule has 2 aromatic heterocycles. The summed E-state index contributed by atoms with van der Waals surface area (Å²) in [6.07, 6.45) is 4.44. The van der Waals surface area contributed by atoms with Crippen molar-refractivity contribution in [1.82, 2.24) is 14.5 Å². The highest BCUT2D eigenvalue weighted by atomic mass is 16.5. The van der Waals surface area contributed by atoms with Crippen molar-refractivity contribution in [3.63, 3.8) is 0 Å². The lowest BCUT2D eigenvalue weighted by Gasteiger charge is -2.10. The van der Waals surface area contributed by atoms with Crippen molar-refractivity contribution in [2.24, 2.45) is 0 Å². The summed E-state index contributed by atoms with van der Waals surface area (Å²) in [5.41, 5.74) is 0.369. The van der Waals surface area contributed by atoms with Gasteiger partial charge in [-0.3, -0.25) is 19.0 Å². The number of carbonyl (C=O) groups excluding carboxylic acids is 2. The van der Waals surface area contributed by atoms with Crippen molar-refractivity contribution < 1.29 is 14.3 Å². The molecule has 2 aromatic carbocycles. The molecule has 0 atom stereocenters. The van der Waals surface area contributed by atoms with Gasteiger partial charge >= 0.3 is 0 Å². The van der Waals surface area contributed by atoms with Crippen LogP contribution in [-0.2, 0) is 4.79 Å². The number of ether oxygens (including phenoxy) is 1. The SMILES string of the molecule is CC(=O)Nc1cc(Oc2ccc(NC(=O)c3nccn(-c4ccccc4)c3=O)cc2)ccn1. The Morgan fingerprint density at radius 2 is 1.64 bits per heavy atom. The van der Waals surface area contributed by atoms with Crippen LogP contribution < -0.4 is 20.9 Å². The molecular formula is C24H19N5O4. The second-order valence-electron chi connectivity index (χ2n) is 6.93. The summed E-state index contributed by atoms with van der Waals surface area (Å²) in [6, 6.07) is 18.8. The standard InChI is InChI=1S/C24H19N5O4/c1-16(30)27-21-15-20(11-12-25-21)33-19-9-7-17(8-10-19)28-23(31)22-24(32)29(14-13-26-22)18-5-3-2-4-6-18/h2-15H,1H3,(H,28,31)(H,25,27,30). The van der Waals surface area contributed by atoms with Gasteiger partial charge in [-0.05, 0) is 42.5 Å². The normalized spacial score (nSPS) is 10.3. The Bertz CT molecular complexity index is 1350. The smallest absolute Gasteiger partial charge is 0.286 e. The van der Waals surface area contributed by atoms with Gasteiger partial charge in [0, 0.05) is 43.0 Å². The average Bonchev–Trinajstić information content (AvgIpc) is 2.81. The van der Waals surface area contributed by atoms with E-state index in [0.717, 1.165) is 0 Å². The molecule has 2 N–H and O–H groups in total. The Balaban J connectivity index is 1.46. The third-order valence-electron chi connectivity index (χ3n) is 4.47. The van der Waals surface area contributed by atoms with Crippen LogP contribution in [0.3, 0.4) is 0 Å². The molecule has 9 nitrogen and oxygen atoms in total. The fraction of sp³-hybridized carbons (Fsp3) is 0.0417. The molecule has 33 heavy (non-hydrogen) atoms. The number of carbonyl (C=O) groups is 2. The minimum Gasteiger partial charge on any atom is -0.457 e. The van der Waals surface area contributed by atoms with Crippen LogP contribution in [0.25, 0.3) is 5.69 Å². The van der Waals surface area contributed by atoms with Crippen molar-refractivity contribution in [3.05, 3.63) is 101 Å². The largest absolute Gasteiger partial charge is 0.457 e. The number of nitrogens with one attached hydrogen (secondary N) is 2. The molecule has 0 bridgehead atoms. The first-order valence-corrected chi connectivity index (χ1v) is 9.95. The van der Waals surface area contributed by atoms with Gasteiger partial charge in [0.15, 0.2) is 5.69 Å². The zero-order valence-corrected chi connectivity index (χ0v) is 17.6. The number of hydrogen-bond donors (Lipinski definition) is 2. The van der Waals surface area contributed by atoms with E-state index in [1.165, 1.54) is 30.1 Å². The minimum atomic E-state index is -0.618. The molecule has 0 aliphatic rings. The Kier molecular flexibility index (Phi) is 6.21. The van der Waals surface area contributed by atoms with Crippen molar-refractivity contribution in [2.45, 2.75) is 6.92 Å². The molecule has 0 fully saturated rings. The number of benzene rings is 2. The lowest BCUT2D eigenvalue weighted by molar-refractivity contribution is -0.114. The molecule has 0 aliphatic heterocycles. The quantitative estimate of drug-likeness (QED) is 0.472. The maximum absolute atomic E-state index is 12.7. The molecule has 0 aliphatic carbocycles. The Labute approximate surface area is 188 Å². The molecule has 2 heterocycles. The summed E-state index contributed by atoms with van der Waals surface area (Å²) < 4.78 is 7.12. The van der Waals surface area contributed by atoms with Crippen LogP contribution in [0.2, 0.25) is 0 Å². The topological polar surface area (TPSA) is 115 Å². The molecule has 4 rings (SSSR count). The molecule has 0 spiro atoms. The summed E-state index contributed by atoms with van der Waals surface area (Å²) in [5.74, 6) is 0.523. The molecular weight excluding hydrogens is 422 g/mol. The molecule has 0 saturated carbocycles. The molecule has 4 aromatic rings. The van der Waals surface area contributed by atoms with Crippen molar-refractivity contribution >= 4 is 23.3 Å². The number of anilines is 2. The van der Waals surface area contributed by atoms with Gasteiger partial charge in [0.2, 0.25) is 5.91 Å². The number of amides is 2. The van der Waals surface area contributed by atoms with E-state index in [4.69, 9.17) is 4.74 Å². The summed E-state index contributed by atoms with van der Waals surface area (Å²) in [4.78, 5) is 44.6. The van der Waals surface area contributed by atoms with E-state index in [0.29, 0.717) is 28.7 Å². The molecule has 2 amide bonds. The van der Waals surface area contributed by atoms with Gasteiger partial charge in [-0.15, -0.1) is 0 Å². The van der Waals surface area contributed by atoms with Crippen LogP contribution in [0.5, 0.6) is 11.5 Å². The van der Waals surface area contributed by atoms with Crippen LogP contribution in [-0.4, -0.2) is 26.3 Å². The lowest BCUT2D eigenvalue weighted by atomic mass is 10.2. The molecule has 0 radical (unpaired) electrons. The highest BCUT2D eigenvalue weighted by Gasteiger charge is 2.15. The van der Waals surface area contributed by atoms with E-state index in [1.807, 2.05) is 6.07 Å². The number of aromatic nitrogens is 3. The van der Waals surface area contributed by atoms with E-state index in [2.05, 4.69) is 20.6 Å². The molecule has 164 valence electrons. The van der Waals surface area contributed by atoms with Crippen molar-refractivity contribution in [1.29, 1.82) is 0 Å². The van der Waals surface area contributed by atoms with Crippen LogP contribution in [0.1, 0.15) is 17.4 Å². The van der Waals surface area contributed by atoms with Gasteiger partial charge in [0.1, 0.15) is 17.3 Å². The molecule has 0 unspecified atom stereocenters. The third-order valence-corrected chi connectivity index (χ3v) is 4.47. The van der Waals surface area contributed by atoms with Crippen molar-refractivity contribution in [3.8, 4) is 17.2 Å². The fourth-order valence-corrected chi connectivity index (χ4v) is 3.02. The van der Waals surface area contributed by atoms with Gasteiger partial charge in [-0.1, -0.05) is 18.2 Å². The fourth-order valence-electron chi connectivity index (χ4n) is 3.02. The van der Waals surface area contributed by atoms with Gasteiger partial charge in [0.25, 0.3) is 11.5 Å². The Morgan fingerprint density at radius 1 is 0.879 bits per heavy atom. The van der Waals surface area contributed by atoms with Crippen LogP contribution in [0, 0.1) is 0 Å². The van der Waals surface area contributed by atoms with E-state index >= 15 is 0 Å². The average molecular weight is 441 g/mol. The molecule has 9 heteroatoms. The first-order valence-electron chi connectivity index (χ1n) is 9.95. The van der Waals surface area contributed by atoms with Gasteiger partial charge in [0.05, 0.1) is 0 Å². The number of rotatable bonds is 6. The third kappa shape index (κ3) is 5.28. The predicted molar refractivity (Wildman–Crippen MR) is 123 cm³/mol. The number of pyridine rings is 1. The Hall–Kier alpha value is -4.79. The van der Waals surface area contributed by atoms with Gasteiger partial charge in [-0.25, -0.2) is 9.97 Å². The number of para-hydroxylation sites is 1.